The summed E-state index contributed by atoms with van der Waals surface area (Å²) in [6.45, 7) is 0.494. The molecule has 1 aromatic carbocycles. The largest absolute Gasteiger partial charge is 0.427 e. The number of carbonyl (C=O) groups excluding carboxylic acids is 1. The van der Waals surface area contributed by atoms with Gasteiger partial charge in [-0.2, -0.15) is 12.6 Å². The van der Waals surface area contributed by atoms with Crippen LogP contribution >= 0.6 is 12.6 Å². The predicted molar refractivity (Wildman–Crippen MR) is 63.1 cm³/mol. The molecule has 0 bridgehead atoms. The van der Waals surface area contributed by atoms with Crippen molar-refractivity contribution in [3.63, 3.8) is 0 Å². The molecule has 0 aliphatic rings. The van der Waals surface area contributed by atoms with Crippen LogP contribution in [0.15, 0.2) is 24.3 Å². The maximum Gasteiger partial charge on any atom is 0.311 e. The Hall–Kier alpha value is -1.00. The molecule has 3 nitrogen and oxygen atoms in total. The first-order valence-electron chi connectivity index (χ1n) is 4.87. The second-order valence-corrected chi connectivity index (χ2v) is 3.60. The maximum absolute atomic E-state index is 11.2. The second kappa shape index (κ2) is 6.48. The van der Waals surface area contributed by atoms with Crippen molar-refractivity contribution in [2.45, 2.75) is 19.4 Å². The average Bonchev–Trinajstić information content (AvgIpc) is 2.27. The van der Waals surface area contributed by atoms with Crippen LogP contribution in [0.1, 0.15) is 18.4 Å². The van der Waals surface area contributed by atoms with E-state index in [1.807, 2.05) is 12.1 Å². The zero-order valence-corrected chi connectivity index (χ0v) is 9.37. The van der Waals surface area contributed by atoms with Crippen molar-refractivity contribution in [1.29, 1.82) is 0 Å². The van der Waals surface area contributed by atoms with Gasteiger partial charge in [-0.1, -0.05) is 12.1 Å². The number of benzene rings is 1. The molecule has 4 heteroatoms. The standard InChI is InChI=1S/C11H15NO2S/c12-8-9-3-5-10(6-4-9)14-11(13)2-1-7-15/h3-6,15H,1-2,7-8,12H2. The summed E-state index contributed by atoms with van der Waals surface area (Å²) in [7, 11) is 0. The molecule has 0 spiro atoms. The van der Waals surface area contributed by atoms with Crippen molar-refractivity contribution >= 4 is 18.6 Å². The third-order valence-corrected chi connectivity index (χ3v) is 2.25. The van der Waals surface area contributed by atoms with Gasteiger partial charge in [0.05, 0.1) is 0 Å². The number of rotatable bonds is 5. The molecule has 0 heterocycles. The third kappa shape index (κ3) is 4.36. The molecular weight excluding hydrogens is 210 g/mol. The van der Waals surface area contributed by atoms with E-state index in [9.17, 15) is 4.79 Å². The van der Waals surface area contributed by atoms with Gasteiger partial charge in [-0.3, -0.25) is 4.79 Å². The summed E-state index contributed by atoms with van der Waals surface area (Å²) in [5.41, 5.74) is 6.47. The zero-order valence-electron chi connectivity index (χ0n) is 8.48. The quantitative estimate of drug-likeness (QED) is 0.456. The van der Waals surface area contributed by atoms with Crippen molar-refractivity contribution in [3.05, 3.63) is 29.8 Å². The van der Waals surface area contributed by atoms with Crippen molar-refractivity contribution in [3.8, 4) is 5.75 Å². The summed E-state index contributed by atoms with van der Waals surface area (Å²) in [4.78, 5) is 11.2. The smallest absolute Gasteiger partial charge is 0.311 e. The summed E-state index contributed by atoms with van der Waals surface area (Å²) < 4.78 is 5.10. The monoisotopic (exact) mass is 225 g/mol. The highest BCUT2D eigenvalue weighted by atomic mass is 32.1. The Bertz CT molecular complexity index is 311. The van der Waals surface area contributed by atoms with Crippen LogP contribution in [-0.2, 0) is 11.3 Å². The number of esters is 1. The molecule has 0 aliphatic carbocycles. The molecule has 0 atom stereocenters. The van der Waals surface area contributed by atoms with Crippen LogP contribution in [0.5, 0.6) is 5.75 Å². The van der Waals surface area contributed by atoms with E-state index in [4.69, 9.17) is 10.5 Å². The predicted octanol–water partition coefficient (Wildman–Crippen LogP) is 1.76. The average molecular weight is 225 g/mol. The number of ether oxygens (including phenoxy) is 1. The fourth-order valence-corrected chi connectivity index (χ4v) is 1.26. The van der Waals surface area contributed by atoms with E-state index < -0.39 is 0 Å². The highest BCUT2D eigenvalue weighted by Gasteiger charge is 2.03. The lowest BCUT2D eigenvalue weighted by atomic mass is 10.2. The first-order valence-corrected chi connectivity index (χ1v) is 5.50. The lowest BCUT2D eigenvalue weighted by molar-refractivity contribution is -0.134. The van der Waals surface area contributed by atoms with Gasteiger partial charge in [0.2, 0.25) is 0 Å². The van der Waals surface area contributed by atoms with Crippen molar-refractivity contribution in [2.75, 3.05) is 5.75 Å². The van der Waals surface area contributed by atoms with Crippen molar-refractivity contribution < 1.29 is 9.53 Å². The third-order valence-electron chi connectivity index (χ3n) is 1.93. The minimum Gasteiger partial charge on any atom is -0.427 e. The van der Waals surface area contributed by atoms with Crippen molar-refractivity contribution in [2.24, 2.45) is 5.73 Å². The number of hydrogen-bond acceptors (Lipinski definition) is 4. The van der Waals surface area contributed by atoms with Gasteiger partial charge in [0.15, 0.2) is 0 Å². The molecule has 0 unspecified atom stereocenters. The minimum absolute atomic E-state index is 0.218. The van der Waals surface area contributed by atoms with E-state index in [0.29, 0.717) is 24.5 Å². The van der Waals surface area contributed by atoms with E-state index >= 15 is 0 Å². The molecule has 0 saturated heterocycles. The summed E-state index contributed by atoms with van der Waals surface area (Å²) in [6, 6.07) is 7.20. The van der Waals surface area contributed by atoms with E-state index in [1.54, 1.807) is 12.1 Å². The molecule has 0 saturated carbocycles. The van der Waals surface area contributed by atoms with Crippen LogP contribution < -0.4 is 10.5 Å². The summed E-state index contributed by atoms with van der Waals surface area (Å²) in [6.07, 6.45) is 1.14. The molecule has 0 radical (unpaired) electrons. The topological polar surface area (TPSA) is 52.3 Å². The molecule has 1 rings (SSSR count). The molecule has 15 heavy (non-hydrogen) atoms. The molecule has 0 aromatic heterocycles. The Balaban J connectivity index is 2.46. The zero-order chi connectivity index (χ0) is 11.1. The molecule has 0 amide bonds. The lowest BCUT2D eigenvalue weighted by Gasteiger charge is -2.04. The van der Waals surface area contributed by atoms with Crippen LogP contribution in [0.25, 0.3) is 0 Å². The second-order valence-electron chi connectivity index (χ2n) is 3.15. The Morgan fingerprint density at radius 2 is 2.00 bits per heavy atom. The van der Waals surface area contributed by atoms with Crippen LogP contribution in [0.3, 0.4) is 0 Å². The summed E-state index contributed by atoms with van der Waals surface area (Å²) in [5.74, 6) is 1.04. The van der Waals surface area contributed by atoms with Gasteiger partial charge in [-0.15, -0.1) is 0 Å². The Morgan fingerprint density at radius 1 is 1.33 bits per heavy atom. The molecule has 82 valence electrons. The molecule has 1 aromatic rings. The summed E-state index contributed by atoms with van der Waals surface area (Å²) >= 11 is 4.03. The molecular formula is C11H15NO2S. The van der Waals surface area contributed by atoms with Crippen molar-refractivity contribution in [1.82, 2.24) is 0 Å². The normalized spacial score (nSPS) is 10.0. The van der Waals surface area contributed by atoms with Crippen LogP contribution in [0.2, 0.25) is 0 Å². The highest BCUT2D eigenvalue weighted by molar-refractivity contribution is 7.80. The fraction of sp³-hybridized carbons (Fsp3) is 0.364. The molecule has 0 aliphatic heterocycles. The van der Waals surface area contributed by atoms with E-state index in [0.717, 1.165) is 12.0 Å². The van der Waals surface area contributed by atoms with Crippen LogP contribution in [0.4, 0.5) is 0 Å². The first kappa shape index (κ1) is 12.1. The van der Waals surface area contributed by atoms with Crippen LogP contribution in [0, 0.1) is 0 Å². The van der Waals surface area contributed by atoms with Crippen LogP contribution in [-0.4, -0.2) is 11.7 Å². The summed E-state index contributed by atoms with van der Waals surface area (Å²) in [5, 5.41) is 0. The Morgan fingerprint density at radius 3 is 2.53 bits per heavy atom. The van der Waals surface area contributed by atoms with Gasteiger partial charge >= 0.3 is 5.97 Å². The van der Waals surface area contributed by atoms with Gasteiger partial charge in [0.25, 0.3) is 0 Å². The SMILES string of the molecule is NCc1ccc(OC(=O)CCCS)cc1. The first-order chi connectivity index (χ1) is 7.26. The van der Waals surface area contributed by atoms with Gasteiger partial charge in [0, 0.05) is 13.0 Å². The molecule has 0 fully saturated rings. The van der Waals surface area contributed by atoms with E-state index in [1.165, 1.54) is 0 Å². The van der Waals surface area contributed by atoms with E-state index in [-0.39, 0.29) is 5.97 Å². The molecule has 2 N–H and O–H groups in total. The van der Waals surface area contributed by atoms with Gasteiger partial charge in [-0.05, 0) is 29.9 Å². The van der Waals surface area contributed by atoms with Gasteiger partial charge in [-0.25, -0.2) is 0 Å². The number of carbonyl (C=O) groups is 1. The maximum atomic E-state index is 11.2. The highest BCUT2D eigenvalue weighted by Crippen LogP contribution is 2.12. The Labute approximate surface area is 95.0 Å². The number of thiol groups is 1. The van der Waals surface area contributed by atoms with Gasteiger partial charge in [0.1, 0.15) is 5.75 Å². The Kier molecular flexibility index (Phi) is 5.21. The fourth-order valence-electron chi connectivity index (χ4n) is 1.10. The number of hydrogen-bond donors (Lipinski definition) is 2. The van der Waals surface area contributed by atoms with Gasteiger partial charge < -0.3 is 10.5 Å². The van der Waals surface area contributed by atoms with E-state index in [2.05, 4.69) is 12.6 Å². The number of nitrogens with two attached hydrogens (primary N) is 1. The minimum atomic E-state index is -0.218. The lowest BCUT2D eigenvalue weighted by Crippen LogP contribution is -2.07.